The lowest BCUT2D eigenvalue weighted by Gasteiger charge is -2.30. The summed E-state index contributed by atoms with van der Waals surface area (Å²) >= 11 is 0. The fourth-order valence-corrected chi connectivity index (χ4v) is 3.85. The average Bonchev–Trinajstić information content (AvgIpc) is 2.84. The molecule has 2 amide bonds. The summed E-state index contributed by atoms with van der Waals surface area (Å²) in [5, 5.41) is 5.89. The molecule has 0 bridgehead atoms. The highest BCUT2D eigenvalue weighted by Crippen LogP contribution is 2.28. The van der Waals surface area contributed by atoms with E-state index in [2.05, 4.69) is 15.5 Å². The van der Waals surface area contributed by atoms with Crippen LogP contribution in [0.15, 0.2) is 42.5 Å². The van der Waals surface area contributed by atoms with E-state index in [9.17, 15) is 9.59 Å². The lowest BCUT2D eigenvalue weighted by Crippen LogP contribution is -2.33. The Balaban J connectivity index is 1.79. The van der Waals surface area contributed by atoms with E-state index in [-0.39, 0.29) is 11.8 Å². The van der Waals surface area contributed by atoms with Gasteiger partial charge < -0.3 is 25.0 Å². The van der Waals surface area contributed by atoms with E-state index in [1.807, 2.05) is 25.1 Å². The van der Waals surface area contributed by atoms with Gasteiger partial charge in [0, 0.05) is 44.2 Å². The van der Waals surface area contributed by atoms with Crippen LogP contribution in [0.3, 0.4) is 0 Å². The highest BCUT2D eigenvalue weighted by Gasteiger charge is 2.20. The first-order valence-corrected chi connectivity index (χ1v) is 11.3. The van der Waals surface area contributed by atoms with Gasteiger partial charge >= 0.3 is 0 Å². The summed E-state index contributed by atoms with van der Waals surface area (Å²) in [5.41, 5.74) is 2.49. The molecule has 1 aliphatic rings. The Morgan fingerprint density at radius 2 is 1.78 bits per heavy atom. The van der Waals surface area contributed by atoms with Gasteiger partial charge in [-0.2, -0.15) is 0 Å². The molecule has 0 atom stereocenters. The number of amides is 2. The summed E-state index contributed by atoms with van der Waals surface area (Å²) in [5.74, 6) is 0.0777. The number of anilines is 2. The number of nitrogens with one attached hydrogen (secondary N) is 2. The van der Waals surface area contributed by atoms with Gasteiger partial charge in [-0.15, -0.1) is 0 Å². The van der Waals surface area contributed by atoms with Crippen molar-refractivity contribution < 1.29 is 19.1 Å². The Morgan fingerprint density at radius 3 is 2.53 bits per heavy atom. The van der Waals surface area contributed by atoms with E-state index < -0.39 is 0 Å². The topological polar surface area (TPSA) is 79.9 Å². The molecule has 0 unspecified atom stereocenters. The van der Waals surface area contributed by atoms with E-state index in [1.54, 1.807) is 24.3 Å². The van der Waals surface area contributed by atoms with Gasteiger partial charge in [0.1, 0.15) is 5.75 Å². The van der Waals surface area contributed by atoms with Crippen molar-refractivity contribution in [3.05, 3.63) is 53.6 Å². The van der Waals surface area contributed by atoms with E-state index >= 15 is 0 Å². The van der Waals surface area contributed by atoms with Crippen LogP contribution in [0.2, 0.25) is 0 Å². The second kappa shape index (κ2) is 12.1. The average molecular weight is 440 g/mol. The third-order valence-electron chi connectivity index (χ3n) is 5.50. The third kappa shape index (κ3) is 6.23. The zero-order valence-electron chi connectivity index (χ0n) is 19.0. The molecule has 7 nitrogen and oxygen atoms in total. The van der Waals surface area contributed by atoms with Crippen LogP contribution in [-0.2, 0) is 4.74 Å². The molecule has 1 aliphatic heterocycles. The van der Waals surface area contributed by atoms with E-state index in [0.717, 1.165) is 38.0 Å². The molecule has 1 saturated heterocycles. The molecule has 2 aromatic carbocycles. The summed E-state index contributed by atoms with van der Waals surface area (Å²) in [6.07, 6.45) is 4.19. The van der Waals surface area contributed by atoms with Gasteiger partial charge in [-0.05, 0) is 62.9 Å². The van der Waals surface area contributed by atoms with Gasteiger partial charge in [0.25, 0.3) is 11.8 Å². The van der Waals surface area contributed by atoms with Crippen molar-refractivity contribution in [2.24, 2.45) is 0 Å². The predicted octanol–water partition coefficient (Wildman–Crippen LogP) is 4.09. The smallest absolute Gasteiger partial charge is 0.259 e. The highest BCUT2D eigenvalue weighted by molar-refractivity contribution is 6.07. The number of carbonyl (C=O) groups is 2. The van der Waals surface area contributed by atoms with Crippen molar-refractivity contribution in [3.63, 3.8) is 0 Å². The first-order valence-electron chi connectivity index (χ1n) is 11.3. The standard InChI is InChI=1S/C25H33N3O4/c1-3-32-17-9-14-26-24(29)21-18-19(12-13-22(21)28-15-7-4-8-16-28)27-25(30)20-10-5-6-11-23(20)31-2/h5-6,10-13,18H,3-4,7-9,14-17H2,1-2H3,(H,26,29)(H,27,30). The summed E-state index contributed by atoms with van der Waals surface area (Å²) in [6, 6.07) is 12.6. The molecule has 0 spiro atoms. The normalized spacial score (nSPS) is 13.5. The summed E-state index contributed by atoms with van der Waals surface area (Å²) in [4.78, 5) is 28.1. The molecular formula is C25H33N3O4. The SMILES string of the molecule is CCOCCCNC(=O)c1cc(NC(=O)c2ccccc2OC)ccc1N1CCCCC1. The Kier molecular flexibility index (Phi) is 8.92. The fraction of sp³-hybridized carbons (Fsp3) is 0.440. The number of hydrogen-bond acceptors (Lipinski definition) is 5. The zero-order chi connectivity index (χ0) is 22.8. The molecule has 2 N–H and O–H groups in total. The van der Waals surface area contributed by atoms with Crippen LogP contribution in [-0.4, -0.2) is 51.8 Å². The molecule has 7 heteroatoms. The van der Waals surface area contributed by atoms with Crippen molar-refractivity contribution in [1.82, 2.24) is 5.32 Å². The predicted molar refractivity (Wildman–Crippen MR) is 127 cm³/mol. The molecule has 0 aromatic heterocycles. The largest absolute Gasteiger partial charge is 0.496 e. The van der Waals surface area contributed by atoms with Gasteiger partial charge in [-0.1, -0.05) is 12.1 Å². The van der Waals surface area contributed by atoms with Gasteiger partial charge in [0.05, 0.1) is 18.2 Å². The lowest BCUT2D eigenvalue weighted by atomic mass is 10.1. The molecule has 2 aromatic rings. The first-order chi connectivity index (χ1) is 15.6. The van der Waals surface area contributed by atoms with Crippen molar-refractivity contribution in [2.75, 3.05) is 50.2 Å². The molecule has 1 fully saturated rings. The summed E-state index contributed by atoms with van der Waals surface area (Å²) in [6.45, 7) is 5.63. The second-order valence-corrected chi connectivity index (χ2v) is 7.74. The molecule has 0 radical (unpaired) electrons. The molecule has 0 saturated carbocycles. The summed E-state index contributed by atoms with van der Waals surface area (Å²) < 4.78 is 10.6. The van der Waals surface area contributed by atoms with Gasteiger partial charge in [0.15, 0.2) is 0 Å². The number of para-hydroxylation sites is 1. The lowest BCUT2D eigenvalue weighted by molar-refractivity contribution is 0.0943. The number of nitrogens with zero attached hydrogens (tertiary/aromatic N) is 1. The van der Waals surface area contributed by atoms with Crippen molar-refractivity contribution in [2.45, 2.75) is 32.6 Å². The monoisotopic (exact) mass is 439 g/mol. The van der Waals surface area contributed by atoms with Gasteiger partial charge in [-0.3, -0.25) is 9.59 Å². The molecule has 32 heavy (non-hydrogen) atoms. The quantitative estimate of drug-likeness (QED) is 0.545. The van der Waals surface area contributed by atoms with Crippen LogP contribution in [0.4, 0.5) is 11.4 Å². The number of hydrogen-bond donors (Lipinski definition) is 2. The number of carbonyl (C=O) groups excluding carboxylic acids is 2. The number of ether oxygens (including phenoxy) is 2. The molecular weight excluding hydrogens is 406 g/mol. The molecule has 3 rings (SSSR count). The zero-order valence-corrected chi connectivity index (χ0v) is 19.0. The number of rotatable bonds is 10. The fourth-order valence-electron chi connectivity index (χ4n) is 3.85. The van der Waals surface area contributed by atoms with Crippen molar-refractivity contribution in [1.29, 1.82) is 0 Å². The number of methoxy groups -OCH3 is 1. The maximum atomic E-state index is 13.0. The first kappa shape index (κ1) is 23.6. The molecule has 172 valence electrons. The third-order valence-corrected chi connectivity index (χ3v) is 5.50. The van der Waals surface area contributed by atoms with Gasteiger partial charge in [-0.25, -0.2) is 0 Å². The molecule has 1 heterocycles. The minimum Gasteiger partial charge on any atom is -0.496 e. The van der Waals surface area contributed by atoms with Crippen LogP contribution in [0.25, 0.3) is 0 Å². The highest BCUT2D eigenvalue weighted by atomic mass is 16.5. The van der Waals surface area contributed by atoms with E-state index in [0.29, 0.717) is 42.3 Å². The van der Waals surface area contributed by atoms with Crippen LogP contribution in [0, 0.1) is 0 Å². The van der Waals surface area contributed by atoms with Crippen LogP contribution < -0.4 is 20.3 Å². The maximum absolute atomic E-state index is 13.0. The van der Waals surface area contributed by atoms with Gasteiger partial charge in [0.2, 0.25) is 0 Å². The Hall–Kier alpha value is -3.06. The summed E-state index contributed by atoms with van der Waals surface area (Å²) in [7, 11) is 1.54. The minimum absolute atomic E-state index is 0.143. The van der Waals surface area contributed by atoms with Crippen molar-refractivity contribution >= 4 is 23.2 Å². The second-order valence-electron chi connectivity index (χ2n) is 7.74. The van der Waals surface area contributed by atoms with E-state index in [4.69, 9.17) is 9.47 Å². The molecule has 0 aliphatic carbocycles. The Morgan fingerprint density at radius 1 is 1.00 bits per heavy atom. The Bertz CT molecular complexity index is 910. The van der Waals surface area contributed by atoms with Crippen LogP contribution in [0.1, 0.15) is 53.3 Å². The van der Waals surface area contributed by atoms with Crippen LogP contribution >= 0.6 is 0 Å². The minimum atomic E-state index is -0.281. The Labute approximate surface area is 190 Å². The van der Waals surface area contributed by atoms with E-state index in [1.165, 1.54) is 13.5 Å². The number of piperidine rings is 1. The maximum Gasteiger partial charge on any atom is 0.259 e. The number of benzene rings is 2. The van der Waals surface area contributed by atoms with Crippen molar-refractivity contribution in [3.8, 4) is 5.75 Å². The van der Waals surface area contributed by atoms with Crippen LogP contribution in [0.5, 0.6) is 5.75 Å².